The zero-order valence-corrected chi connectivity index (χ0v) is 14.8. The number of hydrogen-bond acceptors (Lipinski definition) is 7. The molecule has 0 saturated carbocycles. The van der Waals surface area contributed by atoms with Crippen LogP contribution in [0.2, 0.25) is 0 Å². The zero-order valence-electron chi connectivity index (χ0n) is 11.3. The van der Waals surface area contributed by atoms with E-state index in [-0.39, 0.29) is 21.7 Å². The minimum Gasteiger partial charge on any atom is -0.369 e. The first kappa shape index (κ1) is 23.8. The van der Waals surface area contributed by atoms with Crippen molar-refractivity contribution in [3.63, 3.8) is 0 Å². The molecule has 0 bridgehead atoms. The molecule has 2 atom stereocenters. The Morgan fingerprint density at radius 2 is 1.65 bits per heavy atom. The normalized spacial score (nSPS) is 15.8. The van der Waals surface area contributed by atoms with Crippen LogP contribution < -0.4 is 33.8 Å². The predicted molar refractivity (Wildman–Crippen MR) is 65.9 cm³/mol. The number of allylic oxidation sites excluding steroid dienone is 1. The van der Waals surface area contributed by atoms with Crippen molar-refractivity contribution in [3.05, 3.63) is 9.86 Å². The van der Waals surface area contributed by atoms with Gasteiger partial charge in [-0.2, -0.15) is 0 Å². The minimum absolute atomic E-state index is 0. The molecule has 10 nitrogen and oxygen atoms in total. The fourth-order valence-corrected chi connectivity index (χ4v) is 4.47. The minimum atomic E-state index is -3.03. The van der Waals surface area contributed by atoms with Gasteiger partial charge < -0.3 is 18.5 Å². The second-order valence-corrected chi connectivity index (χ2v) is 7.55. The maximum Gasteiger partial charge on any atom is -0.369 e. The summed E-state index contributed by atoms with van der Waals surface area (Å²) in [5.41, 5.74) is -3.03. The first-order valence-corrected chi connectivity index (χ1v) is 8.12. The van der Waals surface area contributed by atoms with Crippen molar-refractivity contribution in [3.8, 4) is 0 Å². The molecule has 0 aliphatic carbocycles. The van der Waals surface area contributed by atoms with Gasteiger partial charge in [0.25, 0.3) is 0 Å². The van der Waals surface area contributed by atoms with E-state index < -0.39 is 58.6 Å². The number of carbonyl (C=O) groups is 3. The van der Waals surface area contributed by atoms with Gasteiger partial charge in [-0.25, -0.2) is 0 Å². The quantitative estimate of drug-likeness (QED) is 0.266. The third-order valence-corrected chi connectivity index (χ3v) is 6.15. The van der Waals surface area contributed by atoms with Crippen LogP contribution in [0.25, 0.3) is 0 Å². The Hall–Kier alpha value is -1.26. The Labute approximate surface area is 125 Å². The van der Waals surface area contributed by atoms with Crippen molar-refractivity contribution in [2.75, 3.05) is 0 Å². The summed E-state index contributed by atoms with van der Waals surface area (Å²) in [6, 6.07) is 0. The summed E-state index contributed by atoms with van der Waals surface area (Å²) in [6.07, 6.45) is 0.00693. The number of quaternary nitrogens is 3. The van der Waals surface area contributed by atoms with Crippen LogP contribution in [-0.2, 0) is 14.4 Å². The number of aliphatic carboxylic acids is 3. The summed E-state index contributed by atoms with van der Waals surface area (Å²) < 4.78 is 1.96. The van der Waals surface area contributed by atoms with Crippen molar-refractivity contribution in [1.82, 2.24) is 18.5 Å². The molecule has 0 aromatic heterocycles. The van der Waals surface area contributed by atoms with E-state index in [1.165, 1.54) is 6.08 Å². The van der Waals surface area contributed by atoms with E-state index in [1.807, 2.05) is 0 Å². The molecule has 1 aliphatic heterocycles. The van der Waals surface area contributed by atoms with Crippen molar-refractivity contribution in [2.24, 2.45) is 5.92 Å². The molecular weight excluding hydrogens is 471 g/mol. The molecule has 2 unspecified atom stereocenters. The summed E-state index contributed by atoms with van der Waals surface area (Å²) in [5.74, 6) is -7.75. The van der Waals surface area contributed by atoms with Crippen molar-refractivity contribution in [2.45, 2.75) is 12.0 Å². The third-order valence-electron chi connectivity index (χ3n) is 2.25. The summed E-state index contributed by atoms with van der Waals surface area (Å²) >= 11 is -1.43. The van der Waals surface area contributed by atoms with Crippen molar-refractivity contribution in [1.29, 1.82) is 0 Å². The van der Waals surface area contributed by atoms with E-state index in [1.54, 1.807) is 3.78 Å². The monoisotopic (exact) mass is 489 g/mol. The van der Waals surface area contributed by atoms with Gasteiger partial charge >= 0.3 is 106 Å². The van der Waals surface area contributed by atoms with Gasteiger partial charge in [0, 0.05) is 0 Å². The number of carboxylic acid groups (broad SMARTS) is 3. The maximum absolute atomic E-state index is 10.9. The van der Waals surface area contributed by atoms with Gasteiger partial charge in [-0.1, -0.05) is 0 Å². The van der Waals surface area contributed by atoms with Gasteiger partial charge in [-0.05, 0) is 0 Å². The molecular formula is C9H18BiN3O7. The van der Waals surface area contributed by atoms with Gasteiger partial charge in [-0.3, -0.25) is 0 Å². The largest absolute Gasteiger partial charge is 0.369 e. The van der Waals surface area contributed by atoms with Crippen LogP contribution in [0.1, 0.15) is 6.42 Å². The second-order valence-electron chi connectivity index (χ2n) is 3.38. The first-order valence-electron chi connectivity index (χ1n) is 4.38. The zero-order chi connectivity index (χ0) is 13.2. The number of aliphatic hydroxyl groups is 1. The molecule has 1 aliphatic rings. The summed E-state index contributed by atoms with van der Waals surface area (Å²) in [4.78, 5) is 32.0. The molecule has 0 spiro atoms. The van der Waals surface area contributed by atoms with Gasteiger partial charge in [0.2, 0.25) is 0 Å². The van der Waals surface area contributed by atoms with E-state index in [4.69, 9.17) is 0 Å². The summed E-state index contributed by atoms with van der Waals surface area (Å²) in [6.45, 7) is 0. The van der Waals surface area contributed by atoms with Crippen LogP contribution in [-0.4, -0.2) is 54.6 Å². The smallest absolute Gasteiger partial charge is 0.369 e. The third kappa shape index (κ3) is 4.69. The summed E-state index contributed by atoms with van der Waals surface area (Å²) in [5, 5.41) is 41.7. The van der Waals surface area contributed by atoms with E-state index >= 15 is 0 Å². The van der Waals surface area contributed by atoms with Crippen LogP contribution in [0.5, 0.6) is 0 Å². The van der Waals surface area contributed by atoms with Gasteiger partial charge in [0.1, 0.15) is 0 Å². The Balaban J connectivity index is -0.000000963. The van der Waals surface area contributed by atoms with Crippen LogP contribution in [0.3, 0.4) is 0 Å². The Morgan fingerprint density at radius 1 is 1.20 bits per heavy atom. The molecule has 116 valence electrons. The number of hydrogen-bond donors (Lipinski definition) is 4. The molecule has 0 amide bonds. The molecule has 1 heterocycles. The fraction of sp³-hybridized carbons (Fsp3) is 0.333. The van der Waals surface area contributed by atoms with Gasteiger partial charge in [-0.15, -0.1) is 0 Å². The second kappa shape index (κ2) is 8.82. The average molecular weight is 489 g/mol. The molecule has 1 rings (SSSR count). The van der Waals surface area contributed by atoms with Gasteiger partial charge in [0.05, 0.1) is 0 Å². The van der Waals surface area contributed by atoms with E-state index in [0.29, 0.717) is 0 Å². The van der Waals surface area contributed by atoms with E-state index in [9.17, 15) is 34.8 Å². The molecule has 0 aromatic rings. The fourth-order valence-electron chi connectivity index (χ4n) is 1.40. The van der Waals surface area contributed by atoms with Crippen LogP contribution in [0.15, 0.2) is 9.86 Å². The molecule has 0 saturated heterocycles. The number of carbonyl (C=O) groups excluding carboxylic acids is 3. The molecule has 0 fully saturated rings. The average Bonchev–Trinajstić information content (AvgIpc) is 2.08. The number of carboxylic acids is 3. The van der Waals surface area contributed by atoms with E-state index in [2.05, 4.69) is 0 Å². The van der Waals surface area contributed by atoms with Crippen LogP contribution >= 0.6 is 0 Å². The van der Waals surface area contributed by atoms with Crippen LogP contribution in [0, 0.1) is 5.92 Å². The topological polar surface area (TPSA) is 250 Å². The summed E-state index contributed by atoms with van der Waals surface area (Å²) in [7, 11) is 0. The molecule has 11 heteroatoms. The Kier molecular flexibility index (Phi) is 10.5. The SMILES string of the molecule is O=C([O-])CC(O)(C(=O)[O-])C(C(=O)[O-])[C]1=[Bi][CH]=C1.[NH4+].[NH4+].[NH4+]. The molecule has 13 N–H and O–H groups in total. The number of rotatable bonds is 6. The molecule has 0 aromatic carbocycles. The van der Waals surface area contributed by atoms with Gasteiger partial charge in [0.15, 0.2) is 0 Å². The van der Waals surface area contributed by atoms with Crippen molar-refractivity contribution >= 4 is 43.9 Å². The molecule has 0 radical (unpaired) electrons. The van der Waals surface area contributed by atoms with E-state index in [0.717, 1.165) is 0 Å². The van der Waals surface area contributed by atoms with Crippen molar-refractivity contribution < 1.29 is 34.8 Å². The predicted octanol–water partition coefficient (Wildman–Crippen LogP) is -4.49. The maximum atomic E-state index is 10.9. The molecule has 20 heavy (non-hydrogen) atoms. The Bertz CT molecular complexity index is 451. The first-order chi connectivity index (χ1) is 7.79. The standard InChI is InChI=1S/C9H9O7.Bi.3H3N/c1-2-3-5(7(12)13)9(16,8(14)15)4-6(10)11;;;;/h1-2,5,16H,4H2,(H,10,11)(H,12,13)(H,14,15);;3*1H3. The Morgan fingerprint density at radius 3 is 1.85 bits per heavy atom. The van der Waals surface area contributed by atoms with Crippen LogP contribution in [0.4, 0.5) is 0 Å².